The molecule has 5 nitrogen and oxygen atoms in total. The minimum atomic E-state index is -3.60. The van der Waals surface area contributed by atoms with Crippen LogP contribution in [0.1, 0.15) is 12.0 Å². The summed E-state index contributed by atoms with van der Waals surface area (Å²) in [5.74, 6) is -1.04. The van der Waals surface area contributed by atoms with Crippen molar-refractivity contribution in [3.05, 3.63) is 58.9 Å². The van der Waals surface area contributed by atoms with Crippen molar-refractivity contribution in [3.63, 3.8) is 0 Å². The summed E-state index contributed by atoms with van der Waals surface area (Å²) in [4.78, 5) is 12.0. The molecule has 8 heteroatoms. The van der Waals surface area contributed by atoms with Gasteiger partial charge in [0.1, 0.15) is 5.82 Å². The zero-order chi connectivity index (χ0) is 18.6. The van der Waals surface area contributed by atoms with Gasteiger partial charge in [-0.05, 0) is 36.8 Å². The highest BCUT2D eigenvalue weighted by Crippen LogP contribution is 2.25. The Kier molecular flexibility index (Phi) is 6.02. The number of carbonyl (C=O) groups is 1. The second kappa shape index (κ2) is 7.84. The summed E-state index contributed by atoms with van der Waals surface area (Å²) >= 11 is 6.05. The van der Waals surface area contributed by atoms with Crippen LogP contribution in [-0.2, 0) is 14.8 Å². The smallest absolute Gasteiger partial charge is 0.232 e. The van der Waals surface area contributed by atoms with Crippen LogP contribution in [0.25, 0.3) is 0 Å². The van der Waals surface area contributed by atoms with Crippen LogP contribution in [0.3, 0.4) is 0 Å². The van der Waals surface area contributed by atoms with E-state index in [4.69, 9.17) is 11.6 Å². The molecule has 0 aromatic heterocycles. The molecule has 0 radical (unpaired) electrons. The molecule has 0 fully saturated rings. The van der Waals surface area contributed by atoms with Crippen LogP contribution < -0.4 is 9.62 Å². The summed E-state index contributed by atoms with van der Waals surface area (Å²) in [6.45, 7) is 1.72. The van der Waals surface area contributed by atoms with Crippen molar-refractivity contribution < 1.29 is 17.6 Å². The third-order valence-corrected chi connectivity index (χ3v) is 5.13. The second-order valence-electron chi connectivity index (χ2n) is 5.55. The average molecular weight is 385 g/mol. The molecule has 0 saturated heterocycles. The van der Waals surface area contributed by atoms with Gasteiger partial charge in [-0.15, -0.1) is 0 Å². The highest BCUT2D eigenvalue weighted by atomic mass is 35.5. The quantitative estimate of drug-likeness (QED) is 0.827. The van der Waals surface area contributed by atoms with E-state index in [2.05, 4.69) is 5.32 Å². The third-order valence-electron chi connectivity index (χ3n) is 3.53. The van der Waals surface area contributed by atoms with Gasteiger partial charge >= 0.3 is 0 Å². The third kappa shape index (κ3) is 5.17. The number of hydrogen-bond donors (Lipinski definition) is 1. The molecule has 0 spiro atoms. The van der Waals surface area contributed by atoms with Crippen molar-refractivity contribution >= 4 is 38.9 Å². The van der Waals surface area contributed by atoms with E-state index < -0.39 is 21.7 Å². The number of carbonyl (C=O) groups excluding carboxylic acids is 1. The lowest BCUT2D eigenvalue weighted by atomic mass is 10.2. The Morgan fingerprint density at radius 3 is 2.52 bits per heavy atom. The fourth-order valence-corrected chi connectivity index (χ4v) is 3.30. The largest absolute Gasteiger partial charge is 0.324 e. The highest BCUT2D eigenvalue weighted by Gasteiger charge is 2.19. The predicted octanol–water partition coefficient (Wildman–Crippen LogP) is 3.58. The Balaban J connectivity index is 2.12. The Labute approximate surface area is 151 Å². The normalized spacial score (nSPS) is 11.2. The van der Waals surface area contributed by atoms with Gasteiger partial charge in [0.15, 0.2) is 0 Å². The van der Waals surface area contributed by atoms with Crippen molar-refractivity contribution in [2.75, 3.05) is 22.4 Å². The van der Waals surface area contributed by atoms with Crippen molar-refractivity contribution in [2.24, 2.45) is 0 Å². The van der Waals surface area contributed by atoms with Gasteiger partial charge in [-0.3, -0.25) is 9.10 Å². The minimum absolute atomic E-state index is 0.0526. The first kappa shape index (κ1) is 19.2. The Morgan fingerprint density at radius 2 is 1.92 bits per heavy atom. The zero-order valence-corrected chi connectivity index (χ0v) is 15.4. The summed E-state index contributed by atoms with van der Waals surface area (Å²) in [7, 11) is -3.60. The highest BCUT2D eigenvalue weighted by molar-refractivity contribution is 7.92. The molecule has 2 aromatic carbocycles. The first-order valence-electron chi connectivity index (χ1n) is 7.47. The van der Waals surface area contributed by atoms with Gasteiger partial charge in [-0.2, -0.15) is 0 Å². The number of amides is 1. The topological polar surface area (TPSA) is 66.5 Å². The fraction of sp³-hybridized carbons (Fsp3) is 0.235. The Bertz CT molecular complexity index is 887. The van der Waals surface area contributed by atoms with Gasteiger partial charge in [-0.1, -0.05) is 29.8 Å². The number of para-hydroxylation sites is 1. The average Bonchev–Trinajstić information content (AvgIpc) is 2.52. The monoisotopic (exact) mass is 384 g/mol. The summed E-state index contributed by atoms with van der Waals surface area (Å²) in [5, 5.41) is 2.86. The maximum absolute atomic E-state index is 13.5. The number of benzene rings is 2. The van der Waals surface area contributed by atoms with Crippen molar-refractivity contribution in [1.29, 1.82) is 0 Å². The molecule has 1 amide bonds. The van der Waals surface area contributed by atoms with Gasteiger partial charge in [0.05, 0.1) is 17.6 Å². The van der Waals surface area contributed by atoms with E-state index in [9.17, 15) is 17.6 Å². The lowest BCUT2D eigenvalue weighted by Crippen LogP contribution is -2.33. The predicted molar refractivity (Wildman–Crippen MR) is 98.0 cm³/mol. The molecule has 2 rings (SSSR count). The van der Waals surface area contributed by atoms with Crippen LogP contribution in [0.4, 0.5) is 15.8 Å². The molecule has 0 unspecified atom stereocenters. The van der Waals surface area contributed by atoms with Gasteiger partial charge < -0.3 is 5.32 Å². The summed E-state index contributed by atoms with van der Waals surface area (Å²) in [6, 6.07) is 10.6. The van der Waals surface area contributed by atoms with Crippen molar-refractivity contribution in [1.82, 2.24) is 0 Å². The molecule has 2 aromatic rings. The van der Waals surface area contributed by atoms with E-state index >= 15 is 0 Å². The second-order valence-corrected chi connectivity index (χ2v) is 7.86. The van der Waals surface area contributed by atoms with Crippen LogP contribution in [0, 0.1) is 12.7 Å². The first-order chi connectivity index (χ1) is 11.7. The molecular weight excluding hydrogens is 367 g/mol. The summed E-state index contributed by atoms with van der Waals surface area (Å²) < 4.78 is 38.7. The van der Waals surface area contributed by atoms with Crippen LogP contribution in [-0.4, -0.2) is 27.1 Å². The van der Waals surface area contributed by atoms with E-state index in [0.717, 1.165) is 16.1 Å². The summed E-state index contributed by atoms with van der Waals surface area (Å²) in [6.07, 6.45) is 0.919. The molecule has 0 heterocycles. The molecule has 0 bridgehead atoms. The minimum Gasteiger partial charge on any atom is -0.324 e. The van der Waals surface area contributed by atoms with Crippen molar-refractivity contribution in [2.45, 2.75) is 13.3 Å². The Morgan fingerprint density at radius 1 is 1.24 bits per heavy atom. The lowest BCUT2D eigenvalue weighted by molar-refractivity contribution is -0.116. The van der Waals surface area contributed by atoms with E-state index in [-0.39, 0.29) is 18.7 Å². The molecule has 25 heavy (non-hydrogen) atoms. The van der Waals surface area contributed by atoms with Gasteiger partial charge in [0.25, 0.3) is 0 Å². The number of halogens is 2. The summed E-state index contributed by atoms with van der Waals surface area (Å²) in [5.41, 5.74) is 1.24. The van der Waals surface area contributed by atoms with E-state index in [0.29, 0.717) is 10.7 Å². The van der Waals surface area contributed by atoms with Crippen molar-refractivity contribution in [3.8, 4) is 0 Å². The molecule has 0 saturated carbocycles. The molecular formula is C17H18ClFN2O3S. The molecule has 0 aliphatic heterocycles. The number of rotatable bonds is 6. The van der Waals surface area contributed by atoms with Gasteiger partial charge in [0.2, 0.25) is 15.9 Å². The number of sulfonamides is 1. The number of anilines is 2. The molecule has 0 aliphatic carbocycles. The number of nitrogens with zero attached hydrogens (tertiary/aromatic N) is 1. The van der Waals surface area contributed by atoms with Crippen LogP contribution in [0.5, 0.6) is 0 Å². The van der Waals surface area contributed by atoms with E-state index in [1.54, 1.807) is 25.1 Å². The number of hydrogen-bond acceptors (Lipinski definition) is 3. The lowest BCUT2D eigenvalue weighted by Gasteiger charge is -2.22. The molecule has 134 valence electrons. The van der Waals surface area contributed by atoms with E-state index in [1.165, 1.54) is 24.3 Å². The van der Waals surface area contributed by atoms with Gasteiger partial charge in [-0.25, -0.2) is 12.8 Å². The number of aryl methyl sites for hydroxylation is 1. The maximum Gasteiger partial charge on any atom is 0.232 e. The first-order valence-corrected chi connectivity index (χ1v) is 9.69. The maximum atomic E-state index is 13.5. The van der Waals surface area contributed by atoms with Crippen LogP contribution >= 0.6 is 11.6 Å². The number of nitrogens with one attached hydrogen (secondary N) is 1. The zero-order valence-electron chi connectivity index (χ0n) is 13.8. The van der Waals surface area contributed by atoms with Crippen LogP contribution in [0.2, 0.25) is 5.02 Å². The molecule has 0 aliphatic rings. The SMILES string of the molecule is Cc1ccc(N(CCC(=O)Nc2ccccc2F)S(C)(=O)=O)cc1Cl. The molecule has 0 atom stereocenters. The fourth-order valence-electron chi connectivity index (χ4n) is 2.20. The molecule has 1 N–H and O–H groups in total. The Hall–Kier alpha value is -2.12. The van der Waals surface area contributed by atoms with Gasteiger partial charge in [0, 0.05) is 18.0 Å². The standard InChI is InChI=1S/C17H18ClFN2O3S/c1-12-7-8-13(11-14(12)18)21(25(2,23)24)10-9-17(22)20-16-6-4-3-5-15(16)19/h3-8,11H,9-10H2,1-2H3,(H,20,22). The van der Waals surface area contributed by atoms with E-state index in [1.807, 2.05) is 0 Å². The van der Waals surface area contributed by atoms with Crippen LogP contribution in [0.15, 0.2) is 42.5 Å².